The molecule has 0 amide bonds. The molecule has 3 rings (SSSR count). The average molecular weight is 258 g/mol. The van der Waals surface area contributed by atoms with Crippen LogP contribution in [0.15, 0.2) is 0 Å². The Morgan fingerprint density at radius 3 is 2.33 bits per heavy atom. The van der Waals surface area contributed by atoms with Crippen molar-refractivity contribution < 1.29 is 28.5 Å². The van der Waals surface area contributed by atoms with Crippen molar-refractivity contribution in [1.29, 1.82) is 0 Å². The van der Waals surface area contributed by atoms with Crippen molar-refractivity contribution >= 4 is 5.97 Å². The molecule has 0 N–H and O–H groups in total. The van der Waals surface area contributed by atoms with Gasteiger partial charge in [0.15, 0.2) is 23.8 Å². The lowest BCUT2D eigenvalue weighted by molar-refractivity contribution is -0.200. The summed E-state index contributed by atoms with van der Waals surface area (Å²) in [5, 5.41) is 0. The number of carbonyl (C=O) groups is 1. The molecule has 0 spiro atoms. The molecular weight excluding hydrogens is 240 g/mol. The van der Waals surface area contributed by atoms with Gasteiger partial charge in [0.2, 0.25) is 0 Å². The SMILES string of the molecule is CC1(C)O[C@H]2[C@@H]([C@H]3COC(C)(C)O3)OC(=O)[C@H]2O1. The molecule has 4 atom stereocenters. The second-order valence-electron chi connectivity index (χ2n) is 5.79. The maximum atomic E-state index is 11.7. The van der Waals surface area contributed by atoms with Gasteiger partial charge in [0.1, 0.15) is 12.2 Å². The van der Waals surface area contributed by atoms with E-state index < -0.39 is 29.9 Å². The Bertz CT molecular complexity index is 377. The Hall–Kier alpha value is -0.690. The van der Waals surface area contributed by atoms with Gasteiger partial charge in [-0.05, 0) is 27.7 Å². The predicted molar refractivity (Wildman–Crippen MR) is 58.6 cm³/mol. The van der Waals surface area contributed by atoms with Crippen molar-refractivity contribution in [1.82, 2.24) is 0 Å². The summed E-state index contributed by atoms with van der Waals surface area (Å²) < 4.78 is 27.8. The number of fused-ring (bicyclic) bond motifs is 1. The molecule has 0 unspecified atom stereocenters. The minimum atomic E-state index is -0.762. The fourth-order valence-electron chi connectivity index (χ4n) is 2.64. The Morgan fingerprint density at radius 1 is 1.00 bits per heavy atom. The molecule has 3 aliphatic heterocycles. The van der Waals surface area contributed by atoms with E-state index in [9.17, 15) is 4.79 Å². The Morgan fingerprint density at radius 2 is 1.72 bits per heavy atom. The summed E-state index contributed by atoms with van der Waals surface area (Å²) in [5.74, 6) is -1.80. The Kier molecular flexibility index (Phi) is 2.51. The molecule has 3 saturated heterocycles. The van der Waals surface area contributed by atoms with E-state index in [1.807, 2.05) is 13.8 Å². The molecule has 6 heteroatoms. The van der Waals surface area contributed by atoms with Crippen LogP contribution in [0, 0.1) is 0 Å². The largest absolute Gasteiger partial charge is 0.455 e. The van der Waals surface area contributed by atoms with E-state index in [-0.39, 0.29) is 12.1 Å². The molecule has 3 aliphatic rings. The molecule has 0 aliphatic carbocycles. The molecule has 0 radical (unpaired) electrons. The topological polar surface area (TPSA) is 63.2 Å². The van der Waals surface area contributed by atoms with E-state index in [0.29, 0.717) is 6.61 Å². The van der Waals surface area contributed by atoms with E-state index in [4.69, 9.17) is 23.7 Å². The predicted octanol–water partition coefficient (Wildman–Crippen LogP) is 0.583. The van der Waals surface area contributed by atoms with Crippen molar-refractivity contribution in [3.63, 3.8) is 0 Å². The molecule has 102 valence electrons. The number of ether oxygens (including phenoxy) is 5. The van der Waals surface area contributed by atoms with Crippen LogP contribution in [0.3, 0.4) is 0 Å². The Balaban J connectivity index is 1.77. The van der Waals surface area contributed by atoms with Gasteiger partial charge in [0.25, 0.3) is 0 Å². The van der Waals surface area contributed by atoms with Crippen LogP contribution in [0.4, 0.5) is 0 Å². The van der Waals surface area contributed by atoms with E-state index in [1.165, 1.54) is 0 Å². The zero-order valence-corrected chi connectivity index (χ0v) is 11.0. The van der Waals surface area contributed by atoms with Gasteiger partial charge in [-0.3, -0.25) is 0 Å². The number of hydrogen-bond donors (Lipinski definition) is 0. The van der Waals surface area contributed by atoms with Gasteiger partial charge in [-0.2, -0.15) is 0 Å². The molecule has 0 bridgehead atoms. The number of hydrogen-bond acceptors (Lipinski definition) is 6. The van der Waals surface area contributed by atoms with Crippen LogP contribution in [0.2, 0.25) is 0 Å². The molecule has 3 fully saturated rings. The standard InChI is InChI=1S/C12H18O6/c1-11(2)14-5-6(16-11)7-8-9(10(13)15-7)18-12(3,4)17-8/h6-9H,5H2,1-4H3/t6-,7-,8+,9+/m1/s1. The van der Waals surface area contributed by atoms with Gasteiger partial charge in [0, 0.05) is 0 Å². The number of cyclic esters (lactones) is 1. The first-order valence-electron chi connectivity index (χ1n) is 6.15. The maximum Gasteiger partial charge on any atom is 0.338 e. The highest BCUT2D eigenvalue weighted by Gasteiger charge is 2.59. The normalized spacial score (nSPS) is 45.0. The van der Waals surface area contributed by atoms with Gasteiger partial charge < -0.3 is 23.7 Å². The second kappa shape index (κ2) is 3.66. The monoisotopic (exact) mass is 258 g/mol. The summed E-state index contributed by atoms with van der Waals surface area (Å²) in [5.41, 5.74) is 0. The number of rotatable bonds is 1. The first kappa shape index (κ1) is 12.3. The van der Waals surface area contributed by atoms with Gasteiger partial charge >= 0.3 is 5.97 Å². The molecule has 3 heterocycles. The maximum absolute atomic E-state index is 11.7. The Labute approximate surface area is 105 Å². The fourth-order valence-corrected chi connectivity index (χ4v) is 2.64. The van der Waals surface area contributed by atoms with Crippen LogP contribution >= 0.6 is 0 Å². The highest BCUT2D eigenvalue weighted by Crippen LogP contribution is 2.39. The van der Waals surface area contributed by atoms with E-state index >= 15 is 0 Å². The second-order valence-corrected chi connectivity index (χ2v) is 5.79. The molecule has 0 aromatic carbocycles. The quantitative estimate of drug-likeness (QED) is 0.641. The first-order chi connectivity index (χ1) is 8.27. The third-order valence-electron chi connectivity index (χ3n) is 3.33. The van der Waals surface area contributed by atoms with Crippen LogP contribution < -0.4 is 0 Å². The van der Waals surface area contributed by atoms with Gasteiger partial charge in [-0.15, -0.1) is 0 Å². The van der Waals surface area contributed by atoms with Crippen LogP contribution in [0.5, 0.6) is 0 Å². The average Bonchev–Trinajstić information content (AvgIpc) is 2.81. The van der Waals surface area contributed by atoms with E-state index in [0.717, 1.165) is 0 Å². The van der Waals surface area contributed by atoms with Crippen molar-refractivity contribution in [2.24, 2.45) is 0 Å². The summed E-state index contributed by atoms with van der Waals surface area (Å²) in [6.07, 6.45) is -1.85. The third-order valence-corrected chi connectivity index (χ3v) is 3.33. The van der Waals surface area contributed by atoms with Gasteiger partial charge in [-0.25, -0.2) is 4.79 Å². The highest BCUT2D eigenvalue weighted by molar-refractivity contribution is 5.78. The summed E-state index contributed by atoms with van der Waals surface area (Å²) in [4.78, 5) is 11.7. The van der Waals surface area contributed by atoms with Crippen molar-refractivity contribution in [3.8, 4) is 0 Å². The van der Waals surface area contributed by atoms with Gasteiger partial charge in [0.05, 0.1) is 6.61 Å². The van der Waals surface area contributed by atoms with E-state index in [1.54, 1.807) is 13.8 Å². The fraction of sp³-hybridized carbons (Fsp3) is 0.917. The molecule has 0 aromatic rings. The molecular formula is C12H18O6. The molecule has 0 saturated carbocycles. The number of carbonyl (C=O) groups excluding carboxylic acids is 1. The minimum absolute atomic E-state index is 0.309. The molecule has 18 heavy (non-hydrogen) atoms. The highest BCUT2D eigenvalue weighted by atomic mass is 16.8. The van der Waals surface area contributed by atoms with Crippen molar-refractivity contribution in [3.05, 3.63) is 0 Å². The zero-order valence-electron chi connectivity index (χ0n) is 11.0. The molecule has 0 aromatic heterocycles. The smallest absolute Gasteiger partial charge is 0.338 e. The number of esters is 1. The lowest BCUT2D eigenvalue weighted by atomic mass is 10.1. The lowest BCUT2D eigenvalue weighted by Gasteiger charge is -2.25. The van der Waals surface area contributed by atoms with Gasteiger partial charge in [-0.1, -0.05) is 0 Å². The van der Waals surface area contributed by atoms with Crippen LogP contribution in [0.1, 0.15) is 27.7 Å². The van der Waals surface area contributed by atoms with Crippen LogP contribution in [-0.4, -0.2) is 48.6 Å². The zero-order chi connectivity index (χ0) is 13.1. The first-order valence-corrected chi connectivity index (χ1v) is 6.15. The minimum Gasteiger partial charge on any atom is -0.455 e. The summed E-state index contributed by atoms with van der Waals surface area (Å²) >= 11 is 0. The van der Waals surface area contributed by atoms with Crippen LogP contribution in [-0.2, 0) is 28.5 Å². The third kappa shape index (κ3) is 1.93. The summed E-state index contributed by atoms with van der Waals surface area (Å²) in [6, 6.07) is 0. The van der Waals surface area contributed by atoms with E-state index in [2.05, 4.69) is 0 Å². The lowest BCUT2D eigenvalue weighted by Crippen LogP contribution is -2.40. The summed E-state index contributed by atoms with van der Waals surface area (Å²) in [6.45, 7) is 7.61. The van der Waals surface area contributed by atoms with Crippen molar-refractivity contribution in [2.45, 2.75) is 63.7 Å². The van der Waals surface area contributed by atoms with Crippen molar-refractivity contribution in [2.75, 3.05) is 6.61 Å². The summed E-state index contributed by atoms with van der Waals surface area (Å²) in [7, 11) is 0. The van der Waals surface area contributed by atoms with Crippen LogP contribution in [0.25, 0.3) is 0 Å². The molecule has 6 nitrogen and oxygen atoms in total.